The molecule has 2 N–H and O–H groups in total. The molecule has 1 aromatic carbocycles. The second-order valence-corrected chi connectivity index (χ2v) is 9.11. The standard InChI is InChI=1S/C24H26N6O2/c1-3-24(16-6-4-5-15(11-16)19-7-9-26-30(19)2)17-13-25-29-21(17)27-18-12-23(8-10-32-14-23)28-22(31)20(18)24/h4-7,9,11,13,21,27H,3,8,10,12,14H2,1-2H3,(H,28,31)/t21?,23-,24-/m0/s1. The largest absolute Gasteiger partial charge is 0.379 e. The van der Waals surface area contributed by atoms with Gasteiger partial charge in [-0.2, -0.15) is 15.3 Å². The molecule has 8 heteroatoms. The third-order valence-corrected chi connectivity index (χ3v) is 7.43. The molecule has 4 aliphatic rings. The van der Waals surface area contributed by atoms with Crippen LogP contribution in [-0.2, 0) is 22.0 Å². The quantitative estimate of drug-likeness (QED) is 0.783. The van der Waals surface area contributed by atoms with Crippen molar-refractivity contribution >= 4 is 5.91 Å². The number of benzene rings is 1. The molecular formula is C24H26N6O2. The lowest BCUT2D eigenvalue weighted by molar-refractivity contribution is -0.121. The van der Waals surface area contributed by atoms with Crippen molar-refractivity contribution in [2.24, 2.45) is 17.3 Å². The number of aryl methyl sites for hydroxylation is 1. The Kier molecular flexibility index (Phi) is 4.17. The lowest BCUT2D eigenvalue weighted by Crippen LogP contribution is -2.60. The number of hydrogen-bond acceptors (Lipinski definition) is 6. The highest BCUT2D eigenvalue weighted by Crippen LogP contribution is 2.52. The van der Waals surface area contributed by atoms with Crippen LogP contribution < -0.4 is 10.6 Å². The van der Waals surface area contributed by atoms with Crippen LogP contribution in [0, 0.1) is 0 Å². The van der Waals surface area contributed by atoms with Gasteiger partial charge in [0.25, 0.3) is 5.91 Å². The zero-order chi connectivity index (χ0) is 21.9. The van der Waals surface area contributed by atoms with Gasteiger partial charge < -0.3 is 15.4 Å². The van der Waals surface area contributed by atoms with Crippen molar-refractivity contribution in [3.05, 3.63) is 65.1 Å². The molecule has 0 radical (unpaired) electrons. The van der Waals surface area contributed by atoms with Gasteiger partial charge in [-0.15, -0.1) is 0 Å². The van der Waals surface area contributed by atoms with Gasteiger partial charge in [0.2, 0.25) is 0 Å². The minimum Gasteiger partial charge on any atom is -0.379 e. The van der Waals surface area contributed by atoms with Gasteiger partial charge in [0, 0.05) is 43.1 Å². The number of ether oxygens (including phenoxy) is 1. The van der Waals surface area contributed by atoms with E-state index in [1.54, 1.807) is 6.20 Å². The number of aromatic nitrogens is 2. The summed E-state index contributed by atoms with van der Waals surface area (Å²) < 4.78 is 7.52. The Hall–Kier alpha value is -3.26. The minimum atomic E-state index is -0.603. The number of fused-ring (bicyclic) bond motifs is 1. The fraction of sp³-hybridized carbons (Fsp3) is 0.417. The van der Waals surface area contributed by atoms with Crippen LogP contribution in [0.4, 0.5) is 0 Å². The van der Waals surface area contributed by atoms with Crippen molar-refractivity contribution in [2.75, 3.05) is 13.2 Å². The maximum Gasteiger partial charge on any atom is 0.250 e. The molecule has 32 heavy (non-hydrogen) atoms. The molecule has 0 bridgehead atoms. The second kappa shape index (κ2) is 6.87. The third kappa shape index (κ3) is 2.59. The summed E-state index contributed by atoms with van der Waals surface area (Å²) in [7, 11) is 1.94. The van der Waals surface area contributed by atoms with E-state index >= 15 is 0 Å². The smallest absolute Gasteiger partial charge is 0.250 e. The number of carbonyl (C=O) groups is 1. The molecule has 1 amide bonds. The van der Waals surface area contributed by atoms with Crippen LogP contribution in [0.25, 0.3) is 11.3 Å². The number of amides is 1. The van der Waals surface area contributed by atoms with E-state index in [4.69, 9.17) is 4.74 Å². The van der Waals surface area contributed by atoms with Crippen LogP contribution in [0.3, 0.4) is 0 Å². The van der Waals surface area contributed by atoms with Gasteiger partial charge in [0.05, 0.1) is 35.0 Å². The number of nitrogens with zero attached hydrogens (tertiary/aromatic N) is 4. The first-order chi connectivity index (χ1) is 15.6. The zero-order valence-electron chi connectivity index (χ0n) is 18.3. The summed E-state index contributed by atoms with van der Waals surface area (Å²) in [5.74, 6) is -0.0247. The lowest BCUT2D eigenvalue weighted by Gasteiger charge is -2.48. The van der Waals surface area contributed by atoms with E-state index in [1.807, 2.05) is 24.0 Å². The molecule has 1 spiro atoms. The number of rotatable bonds is 3. The summed E-state index contributed by atoms with van der Waals surface area (Å²) in [4.78, 5) is 13.7. The van der Waals surface area contributed by atoms with Crippen molar-refractivity contribution in [2.45, 2.75) is 43.3 Å². The van der Waals surface area contributed by atoms with Crippen LogP contribution in [-0.4, -0.2) is 40.6 Å². The van der Waals surface area contributed by atoms with E-state index in [9.17, 15) is 4.79 Å². The maximum atomic E-state index is 13.7. The first-order valence-electron chi connectivity index (χ1n) is 11.2. The number of azo groups is 1. The van der Waals surface area contributed by atoms with E-state index < -0.39 is 5.41 Å². The summed E-state index contributed by atoms with van der Waals surface area (Å²) in [6.45, 7) is 3.35. The predicted molar refractivity (Wildman–Crippen MR) is 118 cm³/mol. The summed E-state index contributed by atoms with van der Waals surface area (Å²) >= 11 is 0. The summed E-state index contributed by atoms with van der Waals surface area (Å²) in [6.07, 6.45) is 5.65. The van der Waals surface area contributed by atoms with Gasteiger partial charge in [0.15, 0.2) is 6.17 Å². The van der Waals surface area contributed by atoms with E-state index in [-0.39, 0.29) is 17.6 Å². The number of hydrogen-bond donors (Lipinski definition) is 2. The van der Waals surface area contributed by atoms with Crippen molar-refractivity contribution in [1.82, 2.24) is 20.4 Å². The second-order valence-electron chi connectivity index (χ2n) is 9.11. The highest BCUT2D eigenvalue weighted by molar-refractivity contribution is 6.00. The van der Waals surface area contributed by atoms with E-state index in [2.05, 4.69) is 57.1 Å². The van der Waals surface area contributed by atoms with Crippen LogP contribution in [0.2, 0.25) is 0 Å². The van der Waals surface area contributed by atoms with Gasteiger partial charge in [-0.05, 0) is 30.5 Å². The SMILES string of the molecule is CC[C@]1(c2cccc(-c3ccnn3C)c2)C2=CN=NC2NC2=C1C(=O)N[C@@]1(CCOC1)C2. The lowest BCUT2D eigenvalue weighted by atomic mass is 9.61. The van der Waals surface area contributed by atoms with Gasteiger partial charge in [-0.1, -0.05) is 25.1 Å². The molecule has 1 saturated heterocycles. The van der Waals surface area contributed by atoms with Crippen molar-refractivity contribution in [1.29, 1.82) is 0 Å². The first-order valence-corrected chi connectivity index (χ1v) is 11.2. The molecule has 0 saturated carbocycles. The Bertz CT molecular complexity index is 1200. The fourth-order valence-corrected chi connectivity index (χ4v) is 5.88. The van der Waals surface area contributed by atoms with Crippen molar-refractivity contribution in [3.8, 4) is 11.3 Å². The van der Waals surface area contributed by atoms with Crippen LogP contribution in [0.15, 0.2) is 69.8 Å². The first kappa shape index (κ1) is 19.4. The van der Waals surface area contributed by atoms with Gasteiger partial charge in [-0.25, -0.2) is 0 Å². The molecule has 0 aliphatic carbocycles. The third-order valence-electron chi connectivity index (χ3n) is 7.43. The highest BCUT2D eigenvalue weighted by atomic mass is 16.5. The molecule has 6 rings (SSSR count). The molecule has 164 valence electrons. The maximum absolute atomic E-state index is 13.7. The Morgan fingerprint density at radius 2 is 2.22 bits per heavy atom. The molecule has 1 unspecified atom stereocenters. The molecule has 5 heterocycles. The Morgan fingerprint density at radius 1 is 1.31 bits per heavy atom. The average Bonchev–Trinajstić information content (AvgIpc) is 3.54. The van der Waals surface area contributed by atoms with E-state index in [1.165, 1.54) is 0 Å². The van der Waals surface area contributed by atoms with E-state index in [0.717, 1.165) is 52.9 Å². The van der Waals surface area contributed by atoms with Gasteiger partial charge in [-0.3, -0.25) is 9.48 Å². The summed E-state index contributed by atoms with van der Waals surface area (Å²) in [5.41, 5.74) is 5.01. The molecule has 1 fully saturated rings. The van der Waals surface area contributed by atoms with Gasteiger partial charge >= 0.3 is 0 Å². The molecule has 8 nitrogen and oxygen atoms in total. The number of nitrogens with one attached hydrogen (secondary N) is 2. The summed E-state index contributed by atoms with van der Waals surface area (Å²) in [5, 5.41) is 19.9. The minimum absolute atomic E-state index is 0.0247. The summed E-state index contributed by atoms with van der Waals surface area (Å²) in [6, 6.07) is 10.4. The normalized spacial score (nSPS) is 30.8. The predicted octanol–water partition coefficient (Wildman–Crippen LogP) is 2.95. The number of carbonyl (C=O) groups excluding carboxylic acids is 1. The molecule has 4 aliphatic heterocycles. The Morgan fingerprint density at radius 3 is 2.97 bits per heavy atom. The average molecular weight is 431 g/mol. The topological polar surface area (TPSA) is 92.9 Å². The Labute approximate surface area is 186 Å². The fourth-order valence-electron chi connectivity index (χ4n) is 5.88. The van der Waals surface area contributed by atoms with Crippen LogP contribution >= 0.6 is 0 Å². The van der Waals surface area contributed by atoms with Crippen LogP contribution in [0.1, 0.15) is 31.7 Å². The zero-order valence-corrected chi connectivity index (χ0v) is 18.3. The Balaban J connectivity index is 1.55. The monoisotopic (exact) mass is 430 g/mol. The highest BCUT2D eigenvalue weighted by Gasteiger charge is 2.55. The molecule has 2 aromatic rings. The molecular weight excluding hydrogens is 404 g/mol. The van der Waals surface area contributed by atoms with Crippen molar-refractivity contribution < 1.29 is 9.53 Å². The molecule has 3 atom stereocenters. The van der Waals surface area contributed by atoms with Crippen LogP contribution in [0.5, 0.6) is 0 Å². The molecule has 1 aromatic heterocycles. The van der Waals surface area contributed by atoms with E-state index in [0.29, 0.717) is 13.2 Å². The van der Waals surface area contributed by atoms with Crippen molar-refractivity contribution in [3.63, 3.8) is 0 Å². The van der Waals surface area contributed by atoms with Gasteiger partial charge in [0.1, 0.15) is 0 Å².